The van der Waals surface area contributed by atoms with Gasteiger partial charge in [0.05, 0.1) is 7.11 Å². The van der Waals surface area contributed by atoms with Crippen LogP contribution in [0.4, 0.5) is 0 Å². The minimum absolute atomic E-state index is 0.343. The maximum absolute atomic E-state index is 11.6. The van der Waals surface area contributed by atoms with Gasteiger partial charge in [0.2, 0.25) is 5.43 Å². The van der Waals surface area contributed by atoms with Crippen molar-refractivity contribution in [1.29, 1.82) is 0 Å². The molecule has 1 rings (SSSR count). The van der Waals surface area contributed by atoms with Crippen molar-refractivity contribution in [3.8, 4) is 0 Å². The Kier molecular flexibility index (Phi) is 3.04. The highest BCUT2D eigenvalue weighted by Crippen LogP contribution is 2.07. The molecule has 0 aliphatic heterocycles. The number of hydrogen-bond acceptors (Lipinski definition) is 4. The molecule has 14 heavy (non-hydrogen) atoms. The molecular weight excluding hydrogens is 208 g/mol. The van der Waals surface area contributed by atoms with Gasteiger partial charge in [-0.1, -0.05) is 4.47 Å². The first-order chi connectivity index (χ1) is 6.50. The monoisotopic (exact) mass is 218 g/mol. The van der Waals surface area contributed by atoms with Gasteiger partial charge in [0, 0.05) is 25.5 Å². The standard InChI is InChI=1S/C7H10N2O4S/c1-9(13-2)14(11,12)7-5-8-4-3-6(7)10/h3-5H,1-2H3,(H,8,10). The van der Waals surface area contributed by atoms with E-state index in [1.54, 1.807) is 0 Å². The van der Waals surface area contributed by atoms with E-state index in [1.165, 1.54) is 20.4 Å². The van der Waals surface area contributed by atoms with Crippen LogP contribution in [0.3, 0.4) is 0 Å². The van der Waals surface area contributed by atoms with Gasteiger partial charge in [0.15, 0.2) is 0 Å². The first-order valence-corrected chi connectivity index (χ1v) is 5.14. The molecule has 0 saturated heterocycles. The second kappa shape index (κ2) is 3.91. The van der Waals surface area contributed by atoms with Crippen molar-refractivity contribution in [2.75, 3.05) is 14.2 Å². The molecule has 78 valence electrons. The summed E-state index contributed by atoms with van der Waals surface area (Å²) >= 11 is 0. The second-order valence-electron chi connectivity index (χ2n) is 2.47. The number of pyridine rings is 1. The second-order valence-corrected chi connectivity index (χ2v) is 4.37. The van der Waals surface area contributed by atoms with Crippen LogP contribution in [0.1, 0.15) is 0 Å². The lowest BCUT2D eigenvalue weighted by Crippen LogP contribution is -2.29. The van der Waals surface area contributed by atoms with Crippen LogP contribution < -0.4 is 5.43 Å². The van der Waals surface area contributed by atoms with Crippen molar-refractivity contribution in [3.63, 3.8) is 0 Å². The Balaban J connectivity index is 3.32. The van der Waals surface area contributed by atoms with Gasteiger partial charge in [-0.2, -0.15) is 0 Å². The van der Waals surface area contributed by atoms with Gasteiger partial charge >= 0.3 is 0 Å². The van der Waals surface area contributed by atoms with E-state index in [0.717, 1.165) is 12.3 Å². The smallest absolute Gasteiger partial charge is 0.270 e. The molecule has 1 N–H and O–H groups in total. The predicted octanol–water partition coefficient (Wildman–Crippen LogP) is -0.443. The van der Waals surface area contributed by atoms with Crippen molar-refractivity contribution in [2.45, 2.75) is 4.90 Å². The lowest BCUT2D eigenvalue weighted by molar-refractivity contribution is -0.0259. The summed E-state index contributed by atoms with van der Waals surface area (Å²) in [5.41, 5.74) is -0.576. The molecule has 1 aromatic rings. The van der Waals surface area contributed by atoms with Crippen LogP contribution in [0.2, 0.25) is 0 Å². The first-order valence-electron chi connectivity index (χ1n) is 3.70. The molecule has 7 heteroatoms. The number of sulfonamides is 1. The molecule has 0 spiro atoms. The Bertz CT molecular complexity index is 465. The van der Waals surface area contributed by atoms with Crippen LogP contribution in [-0.2, 0) is 14.9 Å². The molecule has 0 atom stereocenters. The summed E-state index contributed by atoms with van der Waals surface area (Å²) in [5.74, 6) is 0. The Morgan fingerprint density at radius 1 is 1.50 bits per heavy atom. The Morgan fingerprint density at radius 3 is 2.64 bits per heavy atom. The van der Waals surface area contributed by atoms with E-state index < -0.39 is 15.5 Å². The summed E-state index contributed by atoms with van der Waals surface area (Å²) < 4.78 is 23.8. The zero-order valence-electron chi connectivity index (χ0n) is 7.72. The molecule has 0 bridgehead atoms. The summed E-state index contributed by atoms with van der Waals surface area (Å²) in [6.07, 6.45) is 2.47. The number of aromatic nitrogens is 1. The van der Waals surface area contributed by atoms with E-state index in [1.807, 2.05) is 0 Å². The number of hydrogen-bond donors (Lipinski definition) is 1. The molecule has 6 nitrogen and oxygen atoms in total. The van der Waals surface area contributed by atoms with Crippen LogP contribution in [0.25, 0.3) is 0 Å². The number of nitrogens with zero attached hydrogens (tertiary/aromatic N) is 1. The Labute approximate surface area is 81.1 Å². The SMILES string of the molecule is CON(C)S(=O)(=O)c1c[nH]ccc1=O. The minimum atomic E-state index is -3.85. The summed E-state index contributed by atoms with van der Waals surface area (Å²) in [6.45, 7) is 0. The number of nitrogens with one attached hydrogen (secondary N) is 1. The van der Waals surface area contributed by atoms with Crippen LogP contribution in [-0.4, -0.2) is 32.0 Å². The Morgan fingerprint density at radius 2 is 2.14 bits per heavy atom. The predicted molar refractivity (Wildman–Crippen MR) is 49.0 cm³/mol. The molecular formula is C7H10N2O4S. The topological polar surface area (TPSA) is 79.5 Å². The molecule has 0 fully saturated rings. The lowest BCUT2D eigenvalue weighted by atomic mass is 10.5. The van der Waals surface area contributed by atoms with Gasteiger partial charge in [-0.15, -0.1) is 0 Å². The van der Waals surface area contributed by atoms with E-state index in [4.69, 9.17) is 0 Å². The third-order valence-electron chi connectivity index (χ3n) is 1.66. The van der Waals surface area contributed by atoms with Gasteiger partial charge in [-0.25, -0.2) is 8.42 Å². The average Bonchev–Trinajstić information content (AvgIpc) is 2.17. The van der Waals surface area contributed by atoms with Crippen LogP contribution in [0, 0.1) is 0 Å². The van der Waals surface area contributed by atoms with Crippen molar-refractivity contribution in [3.05, 3.63) is 28.7 Å². The highest BCUT2D eigenvalue weighted by Gasteiger charge is 2.23. The van der Waals surface area contributed by atoms with E-state index in [0.29, 0.717) is 4.47 Å². The maximum Gasteiger partial charge on any atom is 0.270 e. The van der Waals surface area contributed by atoms with E-state index in [-0.39, 0.29) is 4.90 Å². The number of aromatic amines is 1. The van der Waals surface area contributed by atoms with Crippen molar-refractivity contribution in [2.24, 2.45) is 0 Å². The van der Waals surface area contributed by atoms with E-state index in [2.05, 4.69) is 9.82 Å². The number of hydroxylamine groups is 1. The molecule has 1 aromatic heterocycles. The Hall–Kier alpha value is -1.18. The van der Waals surface area contributed by atoms with Gasteiger partial charge < -0.3 is 4.98 Å². The summed E-state index contributed by atoms with van der Waals surface area (Å²) in [6, 6.07) is 1.14. The minimum Gasteiger partial charge on any atom is -0.366 e. The zero-order valence-corrected chi connectivity index (χ0v) is 8.54. The molecule has 0 amide bonds. The fraction of sp³-hybridized carbons (Fsp3) is 0.286. The largest absolute Gasteiger partial charge is 0.366 e. The van der Waals surface area contributed by atoms with Crippen LogP contribution >= 0.6 is 0 Å². The van der Waals surface area contributed by atoms with Gasteiger partial charge in [-0.3, -0.25) is 9.63 Å². The summed E-state index contributed by atoms with van der Waals surface area (Å²) in [5, 5.41) is 0. The van der Waals surface area contributed by atoms with Crippen molar-refractivity contribution >= 4 is 10.0 Å². The molecule has 0 unspecified atom stereocenters. The van der Waals surface area contributed by atoms with Crippen molar-refractivity contribution in [1.82, 2.24) is 9.45 Å². The lowest BCUT2D eigenvalue weighted by Gasteiger charge is -2.12. The van der Waals surface area contributed by atoms with Gasteiger partial charge in [0.1, 0.15) is 4.90 Å². The maximum atomic E-state index is 11.6. The highest BCUT2D eigenvalue weighted by molar-refractivity contribution is 7.89. The third kappa shape index (κ3) is 1.84. The molecule has 0 aliphatic carbocycles. The van der Waals surface area contributed by atoms with Crippen LogP contribution in [0.15, 0.2) is 28.2 Å². The fourth-order valence-electron chi connectivity index (χ4n) is 0.839. The summed E-state index contributed by atoms with van der Waals surface area (Å²) in [7, 11) is -1.44. The van der Waals surface area contributed by atoms with Gasteiger partial charge in [0.25, 0.3) is 10.0 Å². The third-order valence-corrected chi connectivity index (χ3v) is 3.36. The average molecular weight is 218 g/mol. The first kappa shape index (κ1) is 10.9. The summed E-state index contributed by atoms with van der Waals surface area (Å²) in [4.78, 5) is 17.9. The van der Waals surface area contributed by atoms with E-state index >= 15 is 0 Å². The van der Waals surface area contributed by atoms with Crippen LogP contribution in [0.5, 0.6) is 0 Å². The highest BCUT2D eigenvalue weighted by atomic mass is 32.2. The van der Waals surface area contributed by atoms with Gasteiger partial charge in [-0.05, 0) is 0 Å². The molecule has 1 heterocycles. The quantitative estimate of drug-likeness (QED) is 0.697. The normalized spacial score (nSPS) is 11.9. The molecule has 0 saturated carbocycles. The molecule has 0 aromatic carbocycles. The molecule has 0 aliphatic rings. The fourth-order valence-corrected chi connectivity index (χ4v) is 1.85. The zero-order chi connectivity index (χ0) is 10.8. The van der Waals surface area contributed by atoms with E-state index in [9.17, 15) is 13.2 Å². The number of H-pyrrole nitrogens is 1. The number of rotatable bonds is 3. The van der Waals surface area contributed by atoms with Crippen molar-refractivity contribution < 1.29 is 13.3 Å². The molecule has 0 radical (unpaired) electrons.